The fraction of sp³-hybridized carbons (Fsp3) is 0.312. The molecule has 0 spiro atoms. The van der Waals surface area contributed by atoms with Crippen molar-refractivity contribution < 1.29 is 4.42 Å². The van der Waals surface area contributed by atoms with E-state index in [4.69, 9.17) is 16.0 Å². The molecule has 0 amide bonds. The lowest BCUT2D eigenvalue weighted by atomic mass is 10.1. The Hall–Kier alpha value is -1.54. The minimum Gasteiger partial charge on any atom is -0.460 e. The van der Waals surface area contributed by atoms with Gasteiger partial charge in [0.1, 0.15) is 11.5 Å². The first kappa shape index (κ1) is 19.8. The molecule has 0 bridgehead atoms. The van der Waals surface area contributed by atoms with Gasteiger partial charge in [0, 0.05) is 29.9 Å². The van der Waals surface area contributed by atoms with Crippen molar-refractivity contribution in [2.75, 3.05) is 12.3 Å². The predicted molar refractivity (Wildman–Crippen MR) is 102 cm³/mol. The Balaban J connectivity index is 0.00000225. The zero-order chi connectivity index (χ0) is 16.9. The summed E-state index contributed by atoms with van der Waals surface area (Å²) in [6.07, 6.45) is 0. The molecule has 3 aromatic rings. The number of furan rings is 1. The van der Waals surface area contributed by atoms with Gasteiger partial charge in [0.15, 0.2) is 0 Å². The Labute approximate surface area is 161 Å². The van der Waals surface area contributed by atoms with Crippen molar-refractivity contribution in [1.82, 2.24) is 25.5 Å². The zero-order valence-corrected chi connectivity index (χ0v) is 16.3. The smallest absolute Gasteiger partial charge is 0.209 e. The number of aryl methyl sites for hydroxylation is 2. The SMILES string of the molecule is Cc1ccc(-c2ccc(CNCCSc3nnnn3C)o2)cc1Cl.Cl. The molecule has 2 aromatic heterocycles. The molecule has 3 rings (SSSR count). The number of hydrogen-bond donors (Lipinski definition) is 1. The molecule has 0 fully saturated rings. The molecule has 0 radical (unpaired) electrons. The van der Waals surface area contributed by atoms with Crippen LogP contribution in [0.5, 0.6) is 0 Å². The van der Waals surface area contributed by atoms with Gasteiger partial charge < -0.3 is 9.73 Å². The van der Waals surface area contributed by atoms with Gasteiger partial charge in [-0.3, -0.25) is 0 Å². The summed E-state index contributed by atoms with van der Waals surface area (Å²) in [4.78, 5) is 0. The van der Waals surface area contributed by atoms with E-state index in [1.54, 1.807) is 16.4 Å². The Bertz CT molecular complexity index is 820. The van der Waals surface area contributed by atoms with Crippen LogP contribution >= 0.6 is 35.8 Å². The lowest BCUT2D eigenvalue weighted by Crippen LogP contribution is -2.16. The van der Waals surface area contributed by atoms with E-state index in [-0.39, 0.29) is 12.4 Å². The third-order valence-electron chi connectivity index (χ3n) is 3.51. The number of aromatic nitrogens is 4. The Morgan fingerprint density at radius 2 is 2.12 bits per heavy atom. The van der Waals surface area contributed by atoms with Crippen LogP contribution in [0.4, 0.5) is 0 Å². The number of tetrazole rings is 1. The normalized spacial score (nSPS) is 10.7. The first-order valence-corrected chi connectivity index (χ1v) is 8.91. The molecular formula is C16H19Cl2N5OS. The molecule has 0 saturated heterocycles. The Kier molecular flexibility index (Phi) is 7.31. The molecule has 0 aliphatic heterocycles. The number of nitrogens with zero attached hydrogens (tertiary/aromatic N) is 4. The fourth-order valence-electron chi connectivity index (χ4n) is 2.14. The second kappa shape index (κ2) is 9.24. The molecule has 25 heavy (non-hydrogen) atoms. The molecule has 0 saturated carbocycles. The van der Waals surface area contributed by atoms with Crippen LogP contribution in [0.15, 0.2) is 39.9 Å². The van der Waals surface area contributed by atoms with Crippen LogP contribution in [-0.4, -0.2) is 32.5 Å². The van der Waals surface area contributed by atoms with Crippen LogP contribution in [0.1, 0.15) is 11.3 Å². The van der Waals surface area contributed by atoms with Crippen LogP contribution in [0.3, 0.4) is 0 Å². The van der Waals surface area contributed by atoms with E-state index in [2.05, 4.69) is 20.8 Å². The lowest BCUT2D eigenvalue weighted by molar-refractivity contribution is 0.499. The van der Waals surface area contributed by atoms with Gasteiger partial charge in [0.05, 0.1) is 6.54 Å². The monoisotopic (exact) mass is 399 g/mol. The van der Waals surface area contributed by atoms with Crippen LogP contribution in [0, 0.1) is 6.92 Å². The molecule has 0 unspecified atom stereocenters. The molecule has 134 valence electrons. The van der Waals surface area contributed by atoms with Crippen LogP contribution in [0.2, 0.25) is 5.02 Å². The summed E-state index contributed by atoms with van der Waals surface area (Å²) in [5.74, 6) is 2.61. The minimum absolute atomic E-state index is 0. The molecule has 1 aromatic carbocycles. The van der Waals surface area contributed by atoms with E-state index < -0.39 is 0 Å². The molecule has 0 atom stereocenters. The van der Waals surface area contributed by atoms with Gasteiger partial charge in [-0.15, -0.1) is 17.5 Å². The summed E-state index contributed by atoms with van der Waals surface area (Å²) in [5, 5.41) is 16.2. The van der Waals surface area contributed by atoms with Gasteiger partial charge in [-0.2, -0.15) is 0 Å². The number of halogens is 2. The second-order valence-corrected chi connectivity index (χ2v) is 6.81. The average molecular weight is 400 g/mol. The number of hydrogen-bond acceptors (Lipinski definition) is 6. The predicted octanol–water partition coefficient (Wildman–Crippen LogP) is 3.74. The van der Waals surface area contributed by atoms with Crippen LogP contribution < -0.4 is 5.32 Å². The van der Waals surface area contributed by atoms with Gasteiger partial charge >= 0.3 is 0 Å². The van der Waals surface area contributed by atoms with Gasteiger partial charge in [-0.05, 0) is 41.1 Å². The van der Waals surface area contributed by atoms with E-state index in [1.165, 1.54) is 0 Å². The highest BCUT2D eigenvalue weighted by Gasteiger charge is 2.07. The van der Waals surface area contributed by atoms with Crippen molar-refractivity contribution in [2.45, 2.75) is 18.6 Å². The third-order valence-corrected chi connectivity index (χ3v) is 4.93. The maximum atomic E-state index is 6.17. The van der Waals surface area contributed by atoms with Crippen LogP contribution in [-0.2, 0) is 13.6 Å². The quantitative estimate of drug-likeness (QED) is 0.482. The summed E-state index contributed by atoms with van der Waals surface area (Å²) in [6, 6.07) is 9.89. The van der Waals surface area contributed by atoms with Crippen molar-refractivity contribution >= 4 is 35.8 Å². The minimum atomic E-state index is 0. The molecule has 0 aliphatic rings. The molecule has 2 heterocycles. The summed E-state index contributed by atoms with van der Waals surface area (Å²) in [5.41, 5.74) is 2.05. The van der Waals surface area contributed by atoms with E-state index in [9.17, 15) is 0 Å². The Morgan fingerprint density at radius 1 is 1.28 bits per heavy atom. The van der Waals surface area contributed by atoms with Gasteiger partial charge in [-0.25, -0.2) is 4.68 Å². The first-order chi connectivity index (χ1) is 11.6. The third kappa shape index (κ3) is 5.22. The van der Waals surface area contributed by atoms with Crippen molar-refractivity contribution in [3.63, 3.8) is 0 Å². The highest BCUT2D eigenvalue weighted by Crippen LogP contribution is 2.26. The standard InChI is InChI=1S/C16H18ClN5OS.ClH/c1-11-3-4-12(9-14(11)17)15-6-5-13(23-15)10-18-7-8-24-16-19-20-21-22(16)2;/h3-6,9,18H,7-8,10H2,1-2H3;1H. The Morgan fingerprint density at radius 3 is 2.84 bits per heavy atom. The van der Waals surface area contributed by atoms with E-state index in [1.807, 2.05) is 44.3 Å². The van der Waals surface area contributed by atoms with Gasteiger partial charge in [-0.1, -0.05) is 35.5 Å². The van der Waals surface area contributed by atoms with E-state index >= 15 is 0 Å². The van der Waals surface area contributed by atoms with E-state index in [0.29, 0.717) is 6.54 Å². The molecule has 0 aliphatic carbocycles. The van der Waals surface area contributed by atoms with E-state index in [0.717, 1.165) is 45.1 Å². The average Bonchev–Trinajstić information content (AvgIpc) is 3.19. The molecular weight excluding hydrogens is 381 g/mol. The largest absolute Gasteiger partial charge is 0.460 e. The molecule has 9 heteroatoms. The van der Waals surface area contributed by atoms with Crippen molar-refractivity contribution in [2.24, 2.45) is 7.05 Å². The fourth-order valence-corrected chi connectivity index (χ4v) is 3.07. The number of benzene rings is 1. The molecule has 6 nitrogen and oxygen atoms in total. The summed E-state index contributed by atoms with van der Waals surface area (Å²) in [7, 11) is 1.83. The first-order valence-electron chi connectivity index (χ1n) is 7.54. The van der Waals surface area contributed by atoms with Crippen molar-refractivity contribution in [3.05, 3.63) is 46.7 Å². The summed E-state index contributed by atoms with van der Waals surface area (Å²) >= 11 is 7.78. The van der Waals surface area contributed by atoms with Gasteiger partial charge in [0.25, 0.3) is 0 Å². The van der Waals surface area contributed by atoms with Crippen molar-refractivity contribution in [3.8, 4) is 11.3 Å². The maximum Gasteiger partial charge on any atom is 0.209 e. The highest BCUT2D eigenvalue weighted by molar-refractivity contribution is 7.99. The maximum absolute atomic E-state index is 6.17. The van der Waals surface area contributed by atoms with Gasteiger partial charge in [0.2, 0.25) is 5.16 Å². The number of thioether (sulfide) groups is 1. The summed E-state index contributed by atoms with van der Waals surface area (Å²) in [6.45, 7) is 3.50. The lowest BCUT2D eigenvalue weighted by Gasteiger charge is -2.03. The summed E-state index contributed by atoms with van der Waals surface area (Å²) < 4.78 is 7.53. The highest BCUT2D eigenvalue weighted by atomic mass is 35.5. The number of rotatable bonds is 7. The zero-order valence-electron chi connectivity index (χ0n) is 13.9. The second-order valence-electron chi connectivity index (χ2n) is 5.34. The molecule has 1 N–H and O–H groups in total. The van der Waals surface area contributed by atoms with Crippen LogP contribution in [0.25, 0.3) is 11.3 Å². The van der Waals surface area contributed by atoms with Crippen molar-refractivity contribution in [1.29, 1.82) is 0 Å². The number of nitrogens with one attached hydrogen (secondary N) is 1. The topological polar surface area (TPSA) is 68.8 Å².